The van der Waals surface area contributed by atoms with Gasteiger partial charge in [0, 0.05) is 71.4 Å². The van der Waals surface area contributed by atoms with Crippen LogP contribution in [0.15, 0.2) is 48.9 Å². The van der Waals surface area contributed by atoms with E-state index in [2.05, 4.69) is 129 Å². The van der Waals surface area contributed by atoms with Crippen molar-refractivity contribution in [3.05, 3.63) is 71.4 Å². The largest absolute Gasteiger partial charge is 0.839 e. The van der Waals surface area contributed by atoms with Crippen LogP contribution < -0.4 is 14.2 Å². The van der Waals surface area contributed by atoms with Crippen LogP contribution in [0, 0.1) is 17.8 Å². The normalized spacial score (nSPS) is 30.2. The first kappa shape index (κ1) is 48.3. The SMILES string of the molecule is CC(C)[N+]1(C)CC2CCC1C2.CC(C)[N+]1(C)CC2CCCC2C1.CC(C)[N+]1=CC([O-])C(=O)C=C1.CC(C)[n+]1cccc2c1C(C)(C)CC2.CC(C)[n+]1cccc2c1CCC2. The number of rotatable bonds is 5. The molecule has 2 saturated heterocycles. The average molecular weight is 828 g/mol. The number of quaternary nitrogens is 2. The second kappa shape index (κ2) is 20.2. The molecule has 7 nitrogen and oxygen atoms in total. The lowest BCUT2D eigenvalue weighted by molar-refractivity contribution is -0.945. The van der Waals surface area contributed by atoms with Crippen LogP contribution in [0.4, 0.5) is 0 Å². The van der Waals surface area contributed by atoms with Gasteiger partial charge in [-0.3, -0.25) is 4.79 Å². The van der Waals surface area contributed by atoms with Crippen molar-refractivity contribution in [2.45, 2.75) is 201 Å². The van der Waals surface area contributed by atoms with Gasteiger partial charge in [-0.15, -0.1) is 0 Å². The molecule has 2 aromatic rings. The number of piperidine rings is 1. The van der Waals surface area contributed by atoms with E-state index in [0.29, 0.717) is 17.5 Å². The molecule has 5 heterocycles. The van der Waals surface area contributed by atoms with Gasteiger partial charge in [0.05, 0.1) is 51.9 Å². The first-order valence-corrected chi connectivity index (χ1v) is 24.4. The number of aromatic nitrogens is 2. The highest BCUT2D eigenvalue weighted by Crippen LogP contribution is 2.43. The third-order valence-corrected chi connectivity index (χ3v) is 16.1. The Morgan fingerprint density at radius 3 is 1.83 bits per heavy atom. The predicted molar refractivity (Wildman–Crippen MR) is 246 cm³/mol. The van der Waals surface area contributed by atoms with Crippen LogP contribution in [0.5, 0.6) is 0 Å². The van der Waals surface area contributed by atoms with Crippen LogP contribution in [0.25, 0.3) is 0 Å². The van der Waals surface area contributed by atoms with Crippen molar-refractivity contribution in [1.29, 1.82) is 0 Å². The summed E-state index contributed by atoms with van der Waals surface area (Å²) in [5.74, 6) is 2.88. The fourth-order valence-corrected chi connectivity index (χ4v) is 11.7. The van der Waals surface area contributed by atoms with Gasteiger partial charge in [-0.25, -0.2) is 9.14 Å². The molecule has 6 atom stereocenters. The summed E-state index contributed by atoms with van der Waals surface area (Å²) in [6.45, 7) is 31.5. The number of hydrogen-bond acceptors (Lipinski definition) is 2. The van der Waals surface area contributed by atoms with E-state index in [9.17, 15) is 9.90 Å². The zero-order chi connectivity index (χ0) is 44.2. The van der Waals surface area contributed by atoms with Crippen molar-refractivity contribution < 1.29 is 32.6 Å². The third-order valence-electron chi connectivity index (χ3n) is 16.1. The number of nitrogens with zero attached hydrogens (tertiary/aromatic N) is 5. The topological polar surface area (TPSA) is 50.9 Å². The Balaban J connectivity index is 0.000000143. The van der Waals surface area contributed by atoms with Crippen molar-refractivity contribution in [3.63, 3.8) is 0 Å². The molecular weight excluding hydrogens is 739 g/mol. The maximum atomic E-state index is 10.9. The molecule has 9 rings (SSSR count). The first-order valence-electron chi connectivity index (χ1n) is 24.4. The predicted octanol–water partition coefficient (Wildman–Crippen LogP) is 8.42. The van der Waals surface area contributed by atoms with Crippen LogP contribution in [-0.4, -0.2) is 89.5 Å². The molecular formula is C53H89N5O2+4. The lowest BCUT2D eigenvalue weighted by Crippen LogP contribution is -2.54. The van der Waals surface area contributed by atoms with E-state index >= 15 is 0 Å². The summed E-state index contributed by atoms with van der Waals surface area (Å²) in [6.07, 6.45) is 23.1. The highest BCUT2D eigenvalue weighted by molar-refractivity contribution is 6.03. The fraction of sp³-hybridized carbons (Fsp3) is 0.736. The number of fused-ring (bicyclic) bond motifs is 5. The molecule has 4 fully saturated rings. The number of likely N-dealkylation sites (tertiary alicyclic amines) is 2. The number of ketones is 1. The van der Waals surface area contributed by atoms with Crippen molar-refractivity contribution in [2.75, 3.05) is 33.7 Å². The number of pyridine rings is 2. The Bertz CT molecular complexity index is 1790. The Hall–Kier alpha value is -2.74. The van der Waals surface area contributed by atoms with E-state index in [-0.39, 0.29) is 11.8 Å². The smallest absolute Gasteiger partial charge is 0.190 e. The van der Waals surface area contributed by atoms with E-state index in [1.54, 1.807) is 33.3 Å². The molecule has 0 spiro atoms. The molecule has 4 aliphatic carbocycles. The number of carbonyl (C=O) groups is 1. The summed E-state index contributed by atoms with van der Waals surface area (Å²) >= 11 is 0. The van der Waals surface area contributed by atoms with Gasteiger partial charge in [-0.1, -0.05) is 6.42 Å². The van der Waals surface area contributed by atoms with Gasteiger partial charge < -0.3 is 14.1 Å². The molecule has 2 saturated carbocycles. The third kappa shape index (κ3) is 11.2. The maximum Gasteiger partial charge on any atom is 0.190 e. The molecule has 3 aliphatic heterocycles. The fourth-order valence-electron chi connectivity index (χ4n) is 11.7. The van der Waals surface area contributed by atoms with Gasteiger partial charge in [-0.05, 0) is 147 Å². The molecule has 7 aliphatic rings. The van der Waals surface area contributed by atoms with E-state index in [4.69, 9.17) is 0 Å². The Labute approximate surface area is 367 Å². The monoisotopic (exact) mass is 828 g/mol. The Morgan fingerprint density at radius 1 is 0.717 bits per heavy atom. The molecule has 2 bridgehead atoms. The molecule has 7 heteroatoms. The molecule has 0 N–H and O–H groups in total. The van der Waals surface area contributed by atoms with Crippen LogP contribution in [0.1, 0.15) is 169 Å². The van der Waals surface area contributed by atoms with E-state index < -0.39 is 6.10 Å². The molecule has 0 amide bonds. The van der Waals surface area contributed by atoms with Crippen LogP contribution in [-0.2, 0) is 29.5 Å². The van der Waals surface area contributed by atoms with E-state index in [1.165, 1.54) is 112 Å². The van der Waals surface area contributed by atoms with Gasteiger partial charge in [0.15, 0.2) is 53.9 Å². The van der Waals surface area contributed by atoms with Gasteiger partial charge in [0.2, 0.25) is 0 Å². The van der Waals surface area contributed by atoms with Crippen LogP contribution in [0.3, 0.4) is 0 Å². The van der Waals surface area contributed by atoms with Gasteiger partial charge in [0.25, 0.3) is 0 Å². The van der Waals surface area contributed by atoms with Crippen molar-refractivity contribution in [1.82, 2.24) is 0 Å². The Kier molecular flexibility index (Phi) is 16.2. The minimum Gasteiger partial charge on any atom is -0.839 e. The first-order chi connectivity index (χ1) is 28.2. The number of aryl methyl sites for hydroxylation is 2. The summed E-state index contributed by atoms with van der Waals surface area (Å²) in [4.78, 5) is 10.7. The average Bonchev–Trinajstić information content (AvgIpc) is 4.05. The second-order valence-corrected chi connectivity index (χ2v) is 22.3. The minimum absolute atomic E-state index is 0.246. The van der Waals surface area contributed by atoms with Gasteiger partial charge in [0.1, 0.15) is 6.21 Å². The molecule has 0 aromatic carbocycles. The van der Waals surface area contributed by atoms with Crippen molar-refractivity contribution in [2.24, 2.45) is 17.8 Å². The van der Waals surface area contributed by atoms with E-state index in [0.717, 1.165) is 35.9 Å². The molecule has 60 heavy (non-hydrogen) atoms. The lowest BCUT2D eigenvalue weighted by atomic mass is 9.90. The number of carbonyl (C=O) groups excluding carboxylic acids is 1. The highest BCUT2D eigenvalue weighted by atomic mass is 16.3. The molecule has 2 aromatic heterocycles. The molecule has 6 unspecified atom stereocenters. The van der Waals surface area contributed by atoms with Gasteiger partial charge >= 0.3 is 0 Å². The van der Waals surface area contributed by atoms with Crippen molar-refractivity contribution >= 4 is 12.0 Å². The lowest BCUT2D eigenvalue weighted by Gasteiger charge is -2.42. The zero-order valence-electron chi connectivity index (χ0n) is 40.9. The molecule has 0 radical (unpaired) electrons. The summed E-state index contributed by atoms with van der Waals surface area (Å²) < 4.78 is 9.30. The standard InChI is InChI=1S/C13H20N.C11H22N.C11H16N.C10H20N.C8H11NO2/c1-10(2)14-9-5-6-11-7-8-13(3,4)12(11)14;1-9(2)12(3)7-10-5-4-6-11(10)8-12;1-9(2)12-8-4-6-10-5-3-7-11(10)12;1-8(2)11(3)7-9-4-5-10(11)6-9;1-6(2)9-4-3-7(10)8(11)5-9/h5-6,9-10H,7-8H2,1-4H3;9-11H,4-8H2,1-3H3;4,6,8-9H,3,5,7H2,1-2H3;8-10H,4-7H2,1-3H3;3-6,8H,1-2H3/q4*+1;. The summed E-state index contributed by atoms with van der Waals surface area (Å²) in [7, 11) is 4.90. The second-order valence-electron chi connectivity index (χ2n) is 22.3. The van der Waals surface area contributed by atoms with Crippen LogP contribution in [0.2, 0.25) is 0 Å². The Morgan fingerprint density at radius 2 is 1.33 bits per heavy atom. The minimum atomic E-state index is -1.21. The van der Waals surface area contributed by atoms with E-state index in [1.807, 2.05) is 13.8 Å². The highest BCUT2D eigenvalue weighted by Gasteiger charge is 2.50. The zero-order valence-corrected chi connectivity index (χ0v) is 40.9. The summed E-state index contributed by atoms with van der Waals surface area (Å²) in [5.41, 5.74) is 6.58. The summed E-state index contributed by atoms with van der Waals surface area (Å²) in [5, 5.41) is 10.9. The quantitative estimate of drug-likeness (QED) is 0.225. The molecule has 334 valence electrons. The van der Waals surface area contributed by atoms with Gasteiger partial charge in [-0.2, -0.15) is 4.57 Å². The maximum absolute atomic E-state index is 10.9. The van der Waals surface area contributed by atoms with Crippen molar-refractivity contribution in [3.8, 4) is 0 Å². The summed E-state index contributed by atoms with van der Waals surface area (Å²) in [6, 6.07) is 13.0. The van der Waals surface area contributed by atoms with Crippen LogP contribution >= 0.6 is 0 Å². The number of hydrogen-bond donors (Lipinski definition) is 0.